The maximum Gasteiger partial charge on any atom is 0.0897 e. The van der Waals surface area contributed by atoms with Gasteiger partial charge in [0.2, 0.25) is 0 Å². The Morgan fingerprint density at radius 2 is 2.50 bits per heavy atom. The highest BCUT2D eigenvalue weighted by Crippen LogP contribution is 2.31. The molecule has 2 rings (SSSR count). The monoisotopic (exact) mass is 260 g/mol. The highest BCUT2D eigenvalue weighted by atomic mass is 35.5. The average molecular weight is 261 g/mol. The number of halogens is 1. The van der Waals surface area contributed by atoms with Crippen molar-refractivity contribution < 1.29 is 9.84 Å². The minimum atomic E-state index is -0.408. The van der Waals surface area contributed by atoms with E-state index in [1.54, 1.807) is 0 Å². The lowest BCUT2D eigenvalue weighted by Crippen LogP contribution is -2.05. The molecule has 0 amide bonds. The Morgan fingerprint density at radius 1 is 1.62 bits per heavy atom. The van der Waals surface area contributed by atoms with E-state index >= 15 is 0 Å². The third kappa shape index (κ3) is 3.20. The summed E-state index contributed by atoms with van der Waals surface area (Å²) < 4.78 is 5.54. The van der Waals surface area contributed by atoms with Gasteiger partial charge >= 0.3 is 0 Å². The van der Waals surface area contributed by atoms with Crippen molar-refractivity contribution >= 4 is 22.9 Å². The van der Waals surface area contributed by atoms with Gasteiger partial charge < -0.3 is 9.84 Å². The minimum absolute atomic E-state index is 0.408. The molecule has 1 aliphatic rings. The summed E-state index contributed by atoms with van der Waals surface area (Å²) in [6.45, 7) is 0.907. The molecule has 0 aliphatic carbocycles. The molecule has 1 N–H and O–H groups in total. The lowest BCUT2D eigenvalue weighted by Gasteiger charge is -2.12. The van der Waals surface area contributed by atoms with Crippen LogP contribution in [0.1, 0.15) is 43.1 Å². The van der Waals surface area contributed by atoms with Gasteiger partial charge in [0.05, 0.1) is 22.1 Å². The second kappa shape index (κ2) is 6.01. The second-order valence-corrected chi connectivity index (χ2v) is 5.57. The lowest BCUT2D eigenvalue weighted by atomic mass is 10.1. The van der Waals surface area contributed by atoms with Crippen LogP contribution in [0.5, 0.6) is 0 Å². The zero-order chi connectivity index (χ0) is 11.4. The van der Waals surface area contributed by atoms with E-state index < -0.39 is 6.10 Å². The van der Waals surface area contributed by atoms with Crippen LogP contribution >= 0.6 is 22.9 Å². The second-order valence-electron chi connectivity index (χ2n) is 4.21. The van der Waals surface area contributed by atoms with E-state index in [4.69, 9.17) is 16.3 Å². The summed E-state index contributed by atoms with van der Waals surface area (Å²) in [7, 11) is 0. The molecule has 16 heavy (non-hydrogen) atoms. The lowest BCUT2D eigenvalue weighted by molar-refractivity contribution is 0.0949. The molecule has 1 aromatic heterocycles. The number of hydrogen-bond acceptors (Lipinski definition) is 3. The van der Waals surface area contributed by atoms with Crippen LogP contribution in [0.2, 0.25) is 5.02 Å². The molecule has 1 saturated heterocycles. The van der Waals surface area contributed by atoms with Crippen molar-refractivity contribution in [3.63, 3.8) is 0 Å². The van der Waals surface area contributed by atoms with Gasteiger partial charge in [0.15, 0.2) is 0 Å². The largest absolute Gasteiger partial charge is 0.388 e. The first-order chi connectivity index (χ1) is 7.77. The molecule has 0 bridgehead atoms. The van der Waals surface area contributed by atoms with Crippen molar-refractivity contribution in [2.75, 3.05) is 6.61 Å². The van der Waals surface area contributed by atoms with Gasteiger partial charge in [-0.3, -0.25) is 0 Å². The molecular formula is C12H17ClO2S. The van der Waals surface area contributed by atoms with E-state index in [1.165, 1.54) is 24.2 Å². The summed E-state index contributed by atoms with van der Waals surface area (Å²) in [6, 6.07) is 1.84. The normalized spacial score (nSPS) is 22.5. The zero-order valence-electron chi connectivity index (χ0n) is 9.19. The van der Waals surface area contributed by atoms with E-state index in [1.807, 2.05) is 11.4 Å². The van der Waals surface area contributed by atoms with Crippen LogP contribution in [0, 0.1) is 0 Å². The Morgan fingerprint density at radius 3 is 3.12 bits per heavy atom. The molecule has 0 saturated carbocycles. The van der Waals surface area contributed by atoms with Gasteiger partial charge in [0, 0.05) is 6.61 Å². The van der Waals surface area contributed by atoms with E-state index in [0.717, 1.165) is 30.7 Å². The van der Waals surface area contributed by atoms with Crippen LogP contribution in [0.15, 0.2) is 11.4 Å². The standard InChI is InChI=1S/C12H17ClO2S/c13-10-6-8-16-12(10)11(14)5-1-3-9-4-2-7-15-9/h6,8-9,11,14H,1-5,7H2. The third-order valence-corrected chi connectivity index (χ3v) is 4.43. The molecule has 2 heterocycles. The number of aliphatic hydroxyl groups excluding tert-OH is 1. The van der Waals surface area contributed by atoms with E-state index in [2.05, 4.69) is 0 Å². The zero-order valence-corrected chi connectivity index (χ0v) is 10.8. The van der Waals surface area contributed by atoms with Crippen molar-refractivity contribution in [2.45, 2.75) is 44.3 Å². The van der Waals surface area contributed by atoms with E-state index in [9.17, 15) is 5.11 Å². The molecule has 2 unspecified atom stereocenters. The molecule has 1 aromatic rings. The highest BCUT2D eigenvalue weighted by molar-refractivity contribution is 7.10. The van der Waals surface area contributed by atoms with Gasteiger partial charge in [0.1, 0.15) is 0 Å². The molecule has 0 radical (unpaired) electrons. The van der Waals surface area contributed by atoms with Gasteiger partial charge in [-0.25, -0.2) is 0 Å². The van der Waals surface area contributed by atoms with Crippen molar-refractivity contribution in [2.24, 2.45) is 0 Å². The molecule has 2 nitrogen and oxygen atoms in total. The number of aliphatic hydroxyl groups is 1. The number of thiophene rings is 1. The van der Waals surface area contributed by atoms with E-state index in [0.29, 0.717) is 11.1 Å². The van der Waals surface area contributed by atoms with Crippen LogP contribution in [-0.4, -0.2) is 17.8 Å². The van der Waals surface area contributed by atoms with Crippen LogP contribution in [0.3, 0.4) is 0 Å². The molecule has 1 fully saturated rings. The van der Waals surface area contributed by atoms with Crippen molar-refractivity contribution in [3.8, 4) is 0 Å². The summed E-state index contributed by atoms with van der Waals surface area (Å²) in [5.74, 6) is 0. The predicted molar refractivity (Wildman–Crippen MR) is 67.1 cm³/mol. The number of ether oxygens (including phenoxy) is 1. The fourth-order valence-corrected chi connectivity index (χ4v) is 3.29. The van der Waals surface area contributed by atoms with Crippen molar-refractivity contribution in [1.82, 2.24) is 0 Å². The third-order valence-electron chi connectivity index (χ3n) is 2.98. The minimum Gasteiger partial charge on any atom is -0.388 e. The Hall–Kier alpha value is -0.0900. The molecule has 0 spiro atoms. The number of rotatable bonds is 5. The van der Waals surface area contributed by atoms with Gasteiger partial charge in [-0.05, 0) is 43.6 Å². The van der Waals surface area contributed by atoms with Crippen molar-refractivity contribution in [1.29, 1.82) is 0 Å². The topological polar surface area (TPSA) is 29.5 Å². The van der Waals surface area contributed by atoms with Crippen LogP contribution < -0.4 is 0 Å². The molecule has 4 heteroatoms. The Labute approximate surface area is 105 Å². The maximum absolute atomic E-state index is 9.95. The highest BCUT2D eigenvalue weighted by Gasteiger charge is 2.17. The summed E-state index contributed by atoms with van der Waals surface area (Å²) in [5.41, 5.74) is 0. The predicted octanol–water partition coefficient (Wildman–Crippen LogP) is 3.78. The number of hydrogen-bond donors (Lipinski definition) is 1. The van der Waals surface area contributed by atoms with Crippen LogP contribution in [-0.2, 0) is 4.74 Å². The van der Waals surface area contributed by atoms with Gasteiger partial charge in [0.25, 0.3) is 0 Å². The van der Waals surface area contributed by atoms with E-state index in [-0.39, 0.29) is 0 Å². The van der Waals surface area contributed by atoms with Crippen LogP contribution in [0.4, 0.5) is 0 Å². The molecular weight excluding hydrogens is 244 g/mol. The van der Waals surface area contributed by atoms with Crippen LogP contribution in [0.25, 0.3) is 0 Å². The Kier molecular flexibility index (Phi) is 4.65. The smallest absolute Gasteiger partial charge is 0.0897 e. The van der Waals surface area contributed by atoms with Gasteiger partial charge in [-0.1, -0.05) is 11.6 Å². The van der Waals surface area contributed by atoms with Crippen molar-refractivity contribution in [3.05, 3.63) is 21.3 Å². The van der Waals surface area contributed by atoms with Gasteiger partial charge in [-0.2, -0.15) is 0 Å². The first-order valence-electron chi connectivity index (χ1n) is 5.80. The first-order valence-corrected chi connectivity index (χ1v) is 7.05. The summed E-state index contributed by atoms with van der Waals surface area (Å²) in [4.78, 5) is 0.897. The molecule has 2 atom stereocenters. The molecule has 1 aliphatic heterocycles. The summed E-state index contributed by atoms with van der Waals surface area (Å²) in [6.07, 6.45) is 5.21. The summed E-state index contributed by atoms with van der Waals surface area (Å²) >= 11 is 7.49. The first kappa shape index (κ1) is 12.4. The summed E-state index contributed by atoms with van der Waals surface area (Å²) in [5, 5.41) is 12.6. The fourth-order valence-electron chi connectivity index (χ4n) is 2.09. The fraction of sp³-hybridized carbons (Fsp3) is 0.667. The SMILES string of the molecule is OC(CCCC1CCCO1)c1sccc1Cl. The average Bonchev–Trinajstić information content (AvgIpc) is 2.88. The Bertz CT molecular complexity index is 321. The van der Waals surface area contributed by atoms with Gasteiger partial charge in [-0.15, -0.1) is 11.3 Å². The maximum atomic E-state index is 9.95. The quantitative estimate of drug-likeness (QED) is 0.873. The molecule has 90 valence electrons. The molecule has 0 aromatic carbocycles. The Balaban J connectivity index is 1.71.